The number of carbonyl (C=O) groups excluding carboxylic acids is 2. The Bertz CT molecular complexity index is 878. The van der Waals surface area contributed by atoms with E-state index in [0.717, 1.165) is 18.4 Å². The summed E-state index contributed by atoms with van der Waals surface area (Å²) < 4.78 is 5.09. The van der Waals surface area contributed by atoms with Gasteiger partial charge in [-0.15, -0.1) is 0 Å². The molecule has 1 aromatic heterocycles. The van der Waals surface area contributed by atoms with Gasteiger partial charge in [0, 0.05) is 18.8 Å². The molecule has 31 heavy (non-hydrogen) atoms. The van der Waals surface area contributed by atoms with Crippen molar-refractivity contribution < 1.29 is 19.1 Å². The summed E-state index contributed by atoms with van der Waals surface area (Å²) in [7, 11) is 0. The molecule has 1 heterocycles. The van der Waals surface area contributed by atoms with Crippen LogP contribution in [0.3, 0.4) is 0 Å². The van der Waals surface area contributed by atoms with Crippen molar-refractivity contribution in [3.05, 3.63) is 54.0 Å². The summed E-state index contributed by atoms with van der Waals surface area (Å²) >= 11 is 0. The van der Waals surface area contributed by atoms with Crippen LogP contribution in [-0.2, 0) is 6.54 Å². The first-order valence-corrected chi connectivity index (χ1v) is 10.8. The normalized spacial score (nSPS) is 21.4. The summed E-state index contributed by atoms with van der Waals surface area (Å²) in [4.78, 5) is 24.3. The number of rotatable bonds is 6. The monoisotopic (exact) mass is 427 g/mol. The predicted octanol–water partition coefficient (Wildman–Crippen LogP) is 4.30. The molecule has 7 nitrogen and oxygen atoms in total. The highest BCUT2D eigenvalue weighted by molar-refractivity contribution is 6.02. The third-order valence-electron chi connectivity index (χ3n) is 6.10. The molecule has 1 aliphatic rings. The molecule has 168 valence electrons. The summed E-state index contributed by atoms with van der Waals surface area (Å²) in [6.07, 6.45) is 4.79. The van der Waals surface area contributed by atoms with Crippen LogP contribution in [0.2, 0.25) is 0 Å². The van der Waals surface area contributed by atoms with Crippen LogP contribution >= 0.6 is 0 Å². The molecule has 1 fully saturated rings. The summed E-state index contributed by atoms with van der Waals surface area (Å²) in [5.41, 5.74) is 0.871. The van der Waals surface area contributed by atoms with Crippen LogP contribution in [0, 0.1) is 11.3 Å². The van der Waals surface area contributed by atoms with E-state index in [-0.39, 0.29) is 29.7 Å². The van der Waals surface area contributed by atoms with Crippen molar-refractivity contribution in [2.75, 3.05) is 11.9 Å². The number of anilines is 1. The van der Waals surface area contributed by atoms with Crippen molar-refractivity contribution in [3.63, 3.8) is 0 Å². The highest BCUT2D eigenvalue weighted by Gasteiger charge is 2.37. The minimum Gasteiger partial charge on any atom is -0.459 e. The Morgan fingerprint density at radius 2 is 1.87 bits per heavy atom. The predicted molar refractivity (Wildman–Crippen MR) is 120 cm³/mol. The van der Waals surface area contributed by atoms with Crippen molar-refractivity contribution in [2.24, 2.45) is 11.3 Å². The standard InChI is InChI=1S/C24H33N3O4/c1-23(2,3)18-9-11-24(30,12-10-18)16-26-22(29)25-15-17-6-4-7-19(14-17)27-21(28)20-8-5-13-31-20/h4-8,13-14,18,30H,9-12,15-16H2,1-3H3,(H,27,28)(H2,25,26,29). The zero-order valence-corrected chi connectivity index (χ0v) is 18.5. The van der Waals surface area contributed by atoms with E-state index >= 15 is 0 Å². The number of nitrogens with one attached hydrogen (secondary N) is 3. The number of urea groups is 1. The van der Waals surface area contributed by atoms with E-state index < -0.39 is 5.60 Å². The maximum Gasteiger partial charge on any atom is 0.315 e. The van der Waals surface area contributed by atoms with Gasteiger partial charge < -0.3 is 25.5 Å². The van der Waals surface area contributed by atoms with Gasteiger partial charge in [0.15, 0.2) is 5.76 Å². The van der Waals surface area contributed by atoms with Gasteiger partial charge in [0.1, 0.15) is 0 Å². The fourth-order valence-electron chi connectivity index (χ4n) is 4.05. The fourth-order valence-corrected chi connectivity index (χ4v) is 4.05. The van der Waals surface area contributed by atoms with Gasteiger partial charge in [0.25, 0.3) is 5.91 Å². The number of benzene rings is 1. The Labute approximate surface area is 183 Å². The molecule has 0 aliphatic heterocycles. The zero-order valence-electron chi connectivity index (χ0n) is 18.5. The lowest BCUT2D eigenvalue weighted by Crippen LogP contribution is -2.48. The highest BCUT2D eigenvalue weighted by atomic mass is 16.3. The summed E-state index contributed by atoms with van der Waals surface area (Å²) in [5, 5.41) is 19.2. The molecular formula is C24H33N3O4. The Balaban J connectivity index is 1.43. The first-order chi connectivity index (χ1) is 14.6. The third-order valence-corrected chi connectivity index (χ3v) is 6.10. The lowest BCUT2D eigenvalue weighted by atomic mass is 9.68. The Kier molecular flexibility index (Phi) is 7.05. The van der Waals surface area contributed by atoms with E-state index in [0.29, 0.717) is 31.0 Å². The molecule has 2 aromatic rings. The lowest BCUT2D eigenvalue weighted by Gasteiger charge is -2.41. The molecule has 3 rings (SSSR count). The number of amides is 3. The van der Waals surface area contributed by atoms with Crippen molar-refractivity contribution in [3.8, 4) is 0 Å². The topological polar surface area (TPSA) is 104 Å². The SMILES string of the molecule is CC(C)(C)C1CCC(O)(CNC(=O)NCc2cccc(NC(=O)c3ccco3)c2)CC1. The first kappa shape index (κ1) is 22.9. The van der Waals surface area contributed by atoms with E-state index in [1.54, 1.807) is 24.3 Å². The van der Waals surface area contributed by atoms with Crippen LogP contribution in [0.4, 0.5) is 10.5 Å². The first-order valence-electron chi connectivity index (χ1n) is 10.8. The number of aliphatic hydroxyl groups is 1. The lowest BCUT2D eigenvalue weighted by molar-refractivity contribution is -0.0218. The summed E-state index contributed by atoms with van der Waals surface area (Å²) in [6.45, 7) is 7.28. The van der Waals surface area contributed by atoms with E-state index in [9.17, 15) is 14.7 Å². The van der Waals surface area contributed by atoms with E-state index in [4.69, 9.17) is 4.42 Å². The molecule has 0 radical (unpaired) electrons. The van der Waals surface area contributed by atoms with Gasteiger partial charge in [-0.2, -0.15) is 0 Å². The van der Waals surface area contributed by atoms with Crippen LogP contribution in [0.1, 0.15) is 62.6 Å². The average molecular weight is 428 g/mol. The van der Waals surface area contributed by atoms with Crippen LogP contribution in [0.15, 0.2) is 47.1 Å². The Hall–Kier alpha value is -2.80. The van der Waals surface area contributed by atoms with Gasteiger partial charge in [-0.25, -0.2) is 4.79 Å². The van der Waals surface area contributed by atoms with Gasteiger partial charge in [0.05, 0.1) is 11.9 Å². The second-order valence-electron chi connectivity index (χ2n) is 9.53. The van der Waals surface area contributed by atoms with E-state index in [1.165, 1.54) is 6.26 Å². The van der Waals surface area contributed by atoms with E-state index in [2.05, 4.69) is 36.7 Å². The Morgan fingerprint density at radius 3 is 2.52 bits per heavy atom. The molecule has 0 atom stereocenters. The molecule has 0 saturated heterocycles. The van der Waals surface area contributed by atoms with Crippen LogP contribution in [0.25, 0.3) is 0 Å². The molecule has 0 spiro atoms. The molecule has 7 heteroatoms. The summed E-state index contributed by atoms with van der Waals surface area (Å²) in [5.74, 6) is 0.502. The fraction of sp³-hybridized carbons (Fsp3) is 0.500. The molecule has 0 bridgehead atoms. The molecule has 0 unspecified atom stereocenters. The van der Waals surface area contributed by atoms with Crippen molar-refractivity contribution in [1.82, 2.24) is 10.6 Å². The van der Waals surface area contributed by atoms with Crippen molar-refractivity contribution in [2.45, 2.75) is 58.6 Å². The van der Waals surface area contributed by atoms with Crippen LogP contribution in [0.5, 0.6) is 0 Å². The van der Waals surface area contributed by atoms with E-state index in [1.807, 2.05) is 12.1 Å². The Morgan fingerprint density at radius 1 is 1.13 bits per heavy atom. The van der Waals surface area contributed by atoms with Gasteiger partial charge in [0.2, 0.25) is 0 Å². The minimum atomic E-state index is -0.838. The zero-order chi connectivity index (χ0) is 22.5. The molecule has 1 saturated carbocycles. The minimum absolute atomic E-state index is 0.234. The quantitative estimate of drug-likeness (QED) is 0.552. The van der Waals surface area contributed by atoms with Crippen LogP contribution < -0.4 is 16.0 Å². The van der Waals surface area contributed by atoms with Gasteiger partial charge in [-0.05, 0) is 66.8 Å². The molecule has 1 aliphatic carbocycles. The molecule has 3 amide bonds. The smallest absolute Gasteiger partial charge is 0.315 e. The van der Waals surface area contributed by atoms with Gasteiger partial charge in [-0.3, -0.25) is 4.79 Å². The largest absolute Gasteiger partial charge is 0.459 e. The second kappa shape index (κ2) is 9.56. The van der Waals surface area contributed by atoms with Crippen molar-refractivity contribution in [1.29, 1.82) is 0 Å². The molecular weight excluding hydrogens is 394 g/mol. The average Bonchev–Trinajstić information content (AvgIpc) is 3.26. The second-order valence-corrected chi connectivity index (χ2v) is 9.53. The number of hydrogen-bond acceptors (Lipinski definition) is 4. The van der Waals surface area contributed by atoms with Crippen molar-refractivity contribution >= 4 is 17.6 Å². The molecule has 1 aromatic carbocycles. The van der Waals surface area contributed by atoms with Crippen LogP contribution in [-0.4, -0.2) is 29.2 Å². The maximum atomic E-state index is 12.2. The number of hydrogen-bond donors (Lipinski definition) is 4. The number of carbonyl (C=O) groups is 2. The van der Waals surface area contributed by atoms with Gasteiger partial charge in [-0.1, -0.05) is 32.9 Å². The molecule has 4 N–H and O–H groups in total. The third kappa shape index (κ3) is 6.59. The highest BCUT2D eigenvalue weighted by Crippen LogP contribution is 2.41. The van der Waals surface area contributed by atoms with Gasteiger partial charge >= 0.3 is 6.03 Å². The summed E-state index contributed by atoms with van der Waals surface area (Å²) in [6, 6.07) is 10.2. The number of furan rings is 1. The maximum absolute atomic E-state index is 12.2.